The SMILES string of the molecule is C=C(C)c1cc(C2CN(CCc3ccccc3)C2)cc(-c2ccc(F)c(Cl)c2)n1. The molecule has 4 rings (SSSR count). The van der Waals surface area contributed by atoms with Gasteiger partial charge in [0.2, 0.25) is 0 Å². The Morgan fingerprint density at radius 1 is 1.14 bits per heavy atom. The highest BCUT2D eigenvalue weighted by Gasteiger charge is 2.28. The lowest BCUT2D eigenvalue weighted by Gasteiger charge is -2.40. The molecule has 2 aromatic carbocycles. The summed E-state index contributed by atoms with van der Waals surface area (Å²) < 4.78 is 13.6. The van der Waals surface area contributed by atoms with E-state index in [9.17, 15) is 4.39 Å². The van der Waals surface area contributed by atoms with E-state index in [0.29, 0.717) is 5.92 Å². The van der Waals surface area contributed by atoms with E-state index in [2.05, 4.69) is 53.9 Å². The highest BCUT2D eigenvalue weighted by atomic mass is 35.5. The standard InChI is InChI=1S/C25H24ClFN2/c1-17(2)24-13-20(14-25(28-24)19-8-9-23(27)22(26)12-19)21-15-29(16-21)11-10-18-6-4-3-5-7-18/h3-9,12-14,21H,1,10-11,15-16H2,2H3. The van der Waals surface area contributed by atoms with Crippen LogP contribution in [-0.2, 0) is 6.42 Å². The predicted octanol–water partition coefficient (Wildman–Crippen LogP) is 6.22. The summed E-state index contributed by atoms with van der Waals surface area (Å²) in [4.78, 5) is 7.19. The van der Waals surface area contributed by atoms with Gasteiger partial charge in [0, 0.05) is 31.1 Å². The predicted molar refractivity (Wildman–Crippen MR) is 119 cm³/mol. The summed E-state index contributed by atoms with van der Waals surface area (Å²) in [6.07, 6.45) is 1.07. The van der Waals surface area contributed by atoms with Gasteiger partial charge in [0.25, 0.3) is 0 Å². The average Bonchev–Trinajstić information content (AvgIpc) is 2.69. The fourth-order valence-corrected chi connectivity index (χ4v) is 3.89. The van der Waals surface area contributed by atoms with Gasteiger partial charge < -0.3 is 4.90 Å². The monoisotopic (exact) mass is 406 g/mol. The third kappa shape index (κ3) is 4.58. The summed E-state index contributed by atoms with van der Waals surface area (Å²) in [7, 11) is 0. The quantitative estimate of drug-likeness (QED) is 0.483. The maximum Gasteiger partial charge on any atom is 0.141 e. The van der Waals surface area contributed by atoms with Crippen LogP contribution in [0.1, 0.15) is 29.7 Å². The molecule has 0 bridgehead atoms. The van der Waals surface area contributed by atoms with Gasteiger partial charge >= 0.3 is 0 Å². The van der Waals surface area contributed by atoms with Crippen LogP contribution in [-0.4, -0.2) is 29.5 Å². The molecule has 0 saturated carbocycles. The number of nitrogens with zero attached hydrogens (tertiary/aromatic N) is 2. The molecule has 29 heavy (non-hydrogen) atoms. The molecule has 0 spiro atoms. The van der Waals surface area contributed by atoms with Crippen LogP contribution < -0.4 is 0 Å². The van der Waals surface area contributed by atoms with E-state index in [1.807, 2.05) is 6.92 Å². The van der Waals surface area contributed by atoms with Crippen molar-refractivity contribution < 1.29 is 4.39 Å². The van der Waals surface area contributed by atoms with Crippen molar-refractivity contribution in [1.82, 2.24) is 9.88 Å². The highest BCUT2D eigenvalue weighted by Crippen LogP contribution is 2.32. The summed E-state index contributed by atoms with van der Waals surface area (Å²) in [5.41, 5.74) is 6.05. The summed E-state index contributed by atoms with van der Waals surface area (Å²) in [5.74, 6) is 0.0568. The second kappa shape index (κ2) is 8.48. The zero-order valence-electron chi connectivity index (χ0n) is 16.5. The number of halogens is 2. The molecule has 3 aromatic rings. The first-order valence-electron chi connectivity index (χ1n) is 9.89. The molecule has 4 heteroatoms. The Morgan fingerprint density at radius 2 is 1.90 bits per heavy atom. The average molecular weight is 407 g/mol. The minimum absolute atomic E-state index is 0.113. The topological polar surface area (TPSA) is 16.1 Å². The Hall–Kier alpha value is -2.49. The van der Waals surface area contributed by atoms with Crippen molar-refractivity contribution in [1.29, 1.82) is 0 Å². The molecule has 1 aliphatic rings. The first-order chi connectivity index (χ1) is 14.0. The minimum atomic E-state index is -0.417. The lowest BCUT2D eigenvalue weighted by molar-refractivity contribution is 0.150. The van der Waals surface area contributed by atoms with Gasteiger partial charge in [-0.1, -0.05) is 48.5 Å². The maximum atomic E-state index is 13.6. The van der Waals surface area contributed by atoms with Crippen LogP contribution in [0.4, 0.5) is 4.39 Å². The molecule has 0 N–H and O–H groups in total. The van der Waals surface area contributed by atoms with Gasteiger partial charge in [0.05, 0.1) is 16.4 Å². The van der Waals surface area contributed by atoms with Crippen molar-refractivity contribution in [3.05, 3.63) is 94.9 Å². The fourth-order valence-electron chi connectivity index (χ4n) is 3.70. The molecule has 2 nitrogen and oxygen atoms in total. The molecule has 1 aromatic heterocycles. The van der Waals surface area contributed by atoms with E-state index in [0.717, 1.165) is 48.6 Å². The van der Waals surface area contributed by atoms with Gasteiger partial charge in [-0.05, 0) is 60.4 Å². The second-order valence-electron chi connectivity index (χ2n) is 7.77. The van der Waals surface area contributed by atoms with Crippen molar-refractivity contribution >= 4 is 17.2 Å². The van der Waals surface area contributed by atoms with Crippen LogP contribution in [0.15, 0.2) is 67.2 Å². The number of benzene rings is 2. The first-order valence-corrected chi connectivity index (χ1v) is 10.3. The van der Waals surface area contributed by atoms with Crippen molar-refractivity contribution in [3.8, 4) is 11.3 Å². The van der Waals surface area contributed by atoms with E-state index in [4.69, 9.17) is 16.6 Å². The summed E-state index contributed by atoms with van der Waals surface area (Å²) >= 11 is 5.98. The molecule has 0 aliphatic carbocycles. The van der Waals surface area contributed by atoms with Gasteiger partial charge in [0.1, 0.15) is 5.82 Å². The van der Waals surface area contributed by atoms with E-state index in [-0.39, 0.29) is 5.02 Å². The largest absolute Gasteiger partial charge is 0.302 e. The lowest BCUT2D eigenvalue weighted by Crippen LogP contribution is -2.45. The van der Waals surface area contributed by atoms with E-state index >= 15 is 0 Å². The number of aromatic nitrogens is 1. The molecule has 148 valence electrons. The highest BCUT2D eigenvalue weighted by molar-refractivity contribution is 6.31. The van der Waals surface area contributed by atoms with E-state index in [1.165, 1.54) is 17.2 Å². The second-order valence-corrected chi connectivity index (χ2v) is 8.18. The molecule has 1 aliphatic heterocycles. The minimum Gasteiger partial charge on any atom is -0.302 e. The van der Waals surface area contributed by atoms with Gasteiger partial charge in [-0.2, -0.15) is 0 Å². The zero-order chi connectivity index (χ0) is 20.4. The van der Waals surface area contributed by atoms with Crippen LogP contribution in [0.25, 0.3) is 16.8 Å². The number of likely N-dealkylation sites (tertiary alicyclic amines) is 1. The van der Waals surface area contributed by atoms with Crippen LogP contribution in [0.5, 0.6) is 0 Å². The van der Waals surface area contributed by atoms with E-state index in [1.54, 1.807) is 12.1 Å². The smallest absolute Gasteiger partial charge is 0.141 e. The third-order valence-corrected chi connectivity index (χ3v) is 5.78. The van der Waals surface area contributed by atoms with Gasteiger partial charge in [-0.15, -0.1) is 0 Å². The van der Waals surface area contributed by atoms with Gasteiger partial charge in [-0.3, -0.25) is 0 Å². The molecule has 0 amide bonds. The van der Waals surface area contributed by atoms with Crippen molar-refractivity contribution in [2.24, 2.45) is 0 Å². The summed E-state index contributed by atoms with van der Waals surface area (Å²) in [6, 6.07) is 19.6. The van der Waals surface area contributed by atoms with Crippen LogP contribution in [0, 0.1) is 5.82 Å². The molecular formula is C25H24ClFN2. The number of allylic oxidation sites excluding steroid dienone is 1. The zero-order valence-corrected chi connectivity index (χ0v) is 17.3. The van der Waals surface area contributed by atoms with Gasteiger partial charge in [-0.25, -0.2) is 9.37 Å². The Labute approximate surface area is 176 Å². The first kappa shape index (κ1) is 19.8. The van der Waals surface area contributed by atoms with Gasteiger partial charge in [0.15, 0.2) is 0 Å². The molecule has 0 radical (unpaired) electrons. The normalized spacial score (nSPS) is 14.6. The number of hydrogen-bond donors (Lipinski definition) is 0. The van der Waals surface area contributed by atoms with Crippen LogP contribution in [0.2, 0.25) is 5.02 Å². The fraction of sp³-hybridized carbons (Fsp3) is 0.240. The Morgan fingerprint density at radius 3 is 2.59 bits per heavy atom. The Kier molecular flexibility index (Phi) is 5.79. The number of rotatable bonds is 6. The third-order valence-electron chi connectivity index (χ3n) is 5.49. The van der Waals surface area contributed by atoms with Crippen molar-refractivity contribution in [3.63, 3.8) is 0 Å². The molecule has 0 atom stereocenters. The molecule has 0 unspecified atom stereocenters. The number of pyridine rings is 1. The molecule has 2 heterocycles. The summed E-state index contributed by atoms with van der Waals surface area (Å²) in [5, 5.41) is 0.113. The maximum absolute atomic E-state index is 13.6. The molecular weight excluding hydrogens is 383 g/mol. The lowest BCUT2D eigenvalue weighted by atomic mass is 9.89. The van der Waals surface area contributed by atoms with E-state index < -0.39 is 5.82 Å². The molecule has 1 fully saturated rings. The summed E-state index contributed by atoms with van der Waals surface area (Å²) in [6.45, 7) is 9.16. The Balaban J connectivity index is 1.49. The molecule has 1 saturated heterocycles. The van der Waals surface area contributed by atoms with Crippen LogP contribution in [0.3, 0.4) is 0 Å². The van der Waals surface area contributed by atoms with Crippen molar-refractivity contribution in [2.75, 3.05) is 19.6 Å². The van der Waals surface area contributed by atoms with Crippen LogP contribution >= 0.6 is 11.6 Å². The van der Waals surface area contributed by atoms with Crippen molar-refractivity contribution in [2.45, 2.75) is 19.3 Å². The Bertz CT molecular complexity index is 1030. The number of hydrogen-bond acceptors (Lipinski definition) is 2.